The van der Waals surface area contributed by atoms with E-state index >= 15 is 0 Å². The van der Waals surface area contributed by atoms with Crippen molar-refractivity contribution in [2.75, 3.05) is 23.7 Å². The first kappa shape index (κ1) is 17.8. The van der Waals surface area contributed by atoms with E-state index in [-0.39, 0.29) is 11.6 Å². The van der Waals surface area contributed by atoms with Crippen molar-refractivity contribution in [3.63, 3.8) is 0 Å². The van der Waals surface area contributed by atoms with Gasteiger partial charge < -0.3 is 20.7 Å². The van der Waals surface area contributed by atoms with Crippen molar-refractivity contribution in [3.8, 4) is 0 Å². The minimum atomic E-state index is -0.494. The fraction of sp³-hybridized carbons (Fsp3) is 0.667. The number of nitrogens with two attached hydrogens (primary N) is 1. The zero-order chi connectivity index (χ0) is 17.3. The molecule has 1 saturated heterocycles. The lowest BCUT2D eigenvalue weighted by molar-refractivity contribution is 0.0448. The zero-order valence-electron chi connectivity index (χ0n) is 14.0. The molecule has 1 amide bonds. The largest absolute Gasteiger partial charge is 0.444 e. The number of nitrogens with one attached hydrogen (secondary N) is 1. The van der Waals surface area contributed by atoms with Crippen LogP contribution in [0.4, 0.5) is 16.4 Å². The van der Waals surface area contributed by atoms with E-state index in [1.54, 1.807) is 6.20 Å². The van der Waals surface area contributed by atoms with Crippen molar-refractivity contribution in [1.29, 1.82) is 0 Å². The molecule has 1 fully saturated rings. The van der Waals surface area contributed by atoms with Crippen molar-refractivity contribution in [2.45, 2.75) is 51.7 Å². The van der Waals surface area contributed by atoms with Gasteiger partial charge in [-0.25, -0.2) is 14.8 Å². The summed E-state index contributed by atoms with van der Waals surface area (Å²) in [6.45, 7) is 9.14. The number of nitrogen functional groups attached to an aromatic ring is 1. The predicted molar refractivity (Wildman–Crippen MR) is 93.4 cm³/mol. The minimum Gasteiger partial charge on any atom is -0.444 e. The van der Waals surface area contributed by atoms with Crippen LogP contribution in [-0.4, -0.2) is 40.3 Å². The first-order valence-corrected chi connectivity index (χ1v) is 8.41. The molecule has 0 atom stereocenters. The summed E-state index contributed by atoms with van der Waals surface area (Å²) in [5.41, 5.74) is 5.01. The van der Waals surface area contributed by atoms with Crippen molar-refractivity contribution >= 4 is 33.7 Å². The van der Waals surface area contributed by atoms with E-state index in [2.05, 4.69) is 36.1 Å². The van der Waals surface area contributed by atoms with Crippen molar-refractivity contribution < 1.29 is 9.53 Å². The predicted octanol–water partition coefficient (Wildman–Crippen LogP) is 2.70. The summed E-state index contributed by atoms with van der Waals surface area (Å²) in [5, 5.41) is 2.99. The average Bonchev–Trinajstić information content (AvgIpc) is 2.40. The van der Waals surface area contributed by atoms with E-state index < -0.39 is 5.60 Å². The number of amides is 1. The lowest BCUT2D eigenvalue weighted by atomic mass is 9.90. The standard InChI is InChI=1S/C15H24BrN5O2/c1-14(2,3)23-13(22)20-15(4)5-7-21(8-6-15)10-9-18-11(16)12(17)19-10/h9H,5-8H2,1-4H3,(H2,17,19)(H,20,22). The molecule has 2 rings (SSSR count). The van der Waals surface area contributed by atoms with Gasteiger partial charge in [0, 0.05) is 18.6 Å². The number of hydrogen-bond donors (Lipinski definition) is 2. The third-order valence-electron chi connectivity index (χ3n) is 3.73. The van der Waals surface area contributed by atoms with Gasteiger partial charge in [-0.3, -0.25) is 0 Å². The first-order chi connectivity index (χ1) is 10.6. The first-order valence-electron chi connectivity index (χ1n) is 7.62. The maximum atomic E-state index is 12.0. The summed E-state index contributed by atoms with van der Waals surface area (Å²) in [5.74, 6) is 1.13. The smallest absolute Gasteiger partial charge is 0.408 e. The molecule has 1 aromatic heterocycles. The van der Waals surface area contributed by atoms with Crippen LogP contribution >= 0.6 is 15.9 Å². The van der Waals surface area contributed by atoms with Crippen molar-refractivity contribution in [3.05, 3.63) is 10.8 Å². The molecule has 1 aliphatic heterocycles. The van der Waals surface area contributed by atoms with Crippen molar-refractivity contribution in [1.82, 2.24) is 15.3 Å². The third-order valence-corrected chi connectivity index (χ3v) is 4.34. The van der Waals surface area contributed by atoms with E-state index in [0.29, 0.717) is 10.4 Å². The Morgan fingerprint density at radius 1 is 1.43 bits per heavy atom. The second-order valence-corrected chi connectivity index (χ2v) is 7.83. The number of carbonyl (C=O) groups is 1. The van der Waals surface area contributed by atoms with Gasteiger partial charge in [-0.05, 0) is 56.5 Å². The minimum absolute atomic E-state index is 0.285. The van der Waals surface area contributed by atoms with Crippen LogP contribution in [-0.2, 0) is 4.74 Å². The Hall–Kier alpha value is -1.57. The van der Waals surface area contributed by atoms with E-state index in [9.17, 15) is 4.79 Å². The number of nitrogens with zero attached hydrogens (tertiary/aromatic N) is 3. The molecule has 7 nitrogen and oxygen atoms in total. The molecule has 1 aliphatic rings. The fourth-order valence-corrected chi connectivity index (χ4v) is 2.63. The van der Waals surface area contributed by atoms with E-state index in [0.717, 1.165) is 31.7 Å². The van der Waals surface area contributed by atoms with Crippen LogP contribution in [0, 0.1) is 0 Å². The second-order valence-electron chi connectivity index (χ2n) is 7.08. The molecule has 0 aromatic carbocycles. The molecule has 2 heterocycles. The Kier molecular flexibility index (Phi) is 5.03. The summed E-state index contributed by atoms with van der Waals surface area (Å²) < 4.78 is 5.89. The highest BCUT2D eigenvalue weighted by molar-refractivity contribution is 9.10. The number of hydrogen-bond acceptors (Lipinski definition) is 6. The number of aromatic nitrogens is 2. The number of halogens is 1. The Morgan fingerprint density at radius 3 is 2.57 bits per heavy atom. The number of rotatable bonds is 2. The quantitative estimate of drug-likeness (QED) is 0.812. The summed E-state index contributed by atoms with van der Waals surface area (Å²) >= 11 is 3.24. The molecule has 0 spiro atoms. The molecule has 3 N–H and O–H groups in total. The summed E-state index contributed by atoms with van der Waals surface area (Å²) in [6, 6.07) is 0. The van der Waals surface area contributed by atoms with Gasteiger partial charge in [-0.15, -0.1) is 0 Å². The molecule has 0 bridgehead atoms. The Morgan fingerprint density at radius 2 is 2.04 bits per heavy atom. The molecule has 0 saturated carbocycles. The molecular weight excluding hydrogens is 362 g/mol. The average molecular weight is 386 g/mol. The maximum absolute atomic E-state index is 12.0. The van der Waals surface area contributed by atoms with Gasteiger partial charge in [0.15, 0.2) is 5.82 Å². The normalized spacial score (nSPS) is 17.7. The summed E-state index contributed by atoms with van der Waals surface area (Å²) in [7, 11) is 0. The fourth-order valence-electron chi connectivity index (χ4n) is 2.44. The van der Waals surface area contributed by atoms with Crippen LogP contribution in [0.15, 0.2) is 10.8 Å². The summed E-state index contributed by atoms with van der Waals surface area (Å²) in [6.07, 6.45) is 2.92. The van der Waals surface area contributed by atoms with Gasteiger partial charge in [0.05, 0.1) is 6.20 Å². The van der Waals surface area contributed by atoms with Gasteiger partial charge in [-0.1, -0.05) is 0 Å². The Labute approximate surface area is 145 Å². The lowest BCUT2D eigenvalue weighted by Gasteiger charge is -2.40. The molecule has 128 valence electrons. The molecular formula is C15H24BrN5O2. The highest BCUT2D eigenvalue weighted by Gasteiger charge is 2.33. The van der Waals surface area contributed by atoms with E-state index in [1.807, 2.05) is 27.7 Å². The number of piperidine rings is 1. The number of ether oxygens (including phenoxy) is 1. The van der Waals surface area contributed by atoms with Gasteiger partial charge >= 0.3 is 6.09 Å². The van der Waals surface area contributed by atoms with Crippen LogP contribution in [0.2, 0.25) is 0 Å². The second kappa shape index (κ2) is 6.51. The van der Waals surface area contributed by atoms with E-state index in [4.69, 9.17) is 10.5 Å². The lowest BCUT2D eigenvalue weighted by Crippen LogP contribution is -2.54. The van der Waals surface area contributed by atoms with Crippen LogP contribution < -0.4 is 16.0 Å². The topological polar surface area (TPSA) is 93.4 Å². The maximum Gasteiger partial charge on any atom is 0.408 e. The molecule has 0 aliphatic carbocycles. The molecule has 1 aromatic rings. The number of alkyl carbamates (subject to hydrolysis) is 1. The van der Waals surface area contributed by atoms with Gasteiger partial charge in [-0.2, -0.15) is 0 Å². The Balaban J connectivity index is 1.94. The third kappa shape index (κ3) is 4.95. The Bertz CT molecular complexity index is 580. The van der Waals surface area contributed by atoms with Crippen LogP contribution in [0.1, 0.15) is 40.5 Å². The molecule has 23 heavy (non-hydrogen) atoms. The monoisotopic (exact) mass is 385 g/mol. The number of carbonyl (C=O) groups excluding carboxylic acids is 1. The van der Waals surface area contributed by atoms with Gasteiger partial charge in [0.25, 0.3) is 0 Å². The number of anilines is 2. The molecule has 0 radical (unpaired) electrons. The van der Waals surface area contributed by atoms with Crippen molar-refractivity contribution in [2.24, 2.45) is 0 Å². The van der Waals surface area contributed by atoms with E-state index in [1.165, 1.54) is 0 Å². The molecule has 8 heteroatoms. The highest BCUT2D eigenvalue weighted by atomic mass is 79.9. The van der Waals surface area contributed by atoms with Gasteiger partial charge in [0.1, 0.15) is 16.0 Å². The zero-order valence-corrected chi connectivity index (χ0v) is 15.6. The van der Waals surface area contributed by atoms with Crippen LogP contribution in [0.25, 0.3) is 0 Å². The summed E-state index contributed by atoms with van der Waals surface area (Å²) in [4.78, 5) is 22.6. The van der Waals surface area contributed by atoms with Crippen LogP contribution in [0.5, 0.6) is 0 Å². The van der Waals surface area contributed by atoms with Gasteiger partial charge in [0.2, 0.25) is 0 Å². The highest BCUT2D eigenvalue weighted by Crippen LogP contribution is 2.26. The molecule has 0 unspecified atom stereocenters. The SMILES string of the molecule is CC1(NC(=O)OC(C)(C)C)CCN(c2cnc(Br)c(N)n2)CC1. The van der Waals surface area contributed by atoms with Crippen LogP contribution in [0.3, 0.4) is 0 Å².